The van der Waals surface area contributed by atoms with Gasteiger partial charge in [-0.05, 0) is 31.4 Å². The van der Waals surface area contributed by atoms with Crippen LogP contribution < -0.4 is 10.2 Å². The number of likely N-dealkylation sites (tertiary alicyclic amines) is 1. The standard InChI is InChI=1S/C20H27N3O3/c1-14(2)20(26)22-12-9-15(10-13-22)19(25)21-16-6-3-4-7-17(16)23-11-5-8-18(23)24/h3-4,6-7,14-15H,5,8-13H2,1-2H3,(H,21,25). The normalized spacial score (nSPS) is 18.5. The summed E-state index contributed by atoms with van der Waals surface area (Å²) in [7, 11) is 0. The zero-order valence-corrected chi connectivity index (χ0v) is 15.5. The van der Waals surface area contributed by atoms with E-state index >= 15 is 0 Å². The molecule has 2 aliphatic rings. The van der Waals surface area contributed by atoms with Crippen molar-refractivity contribution in [1.82, 2.24) is 4.90 Å². The van der Waals surface area contributed by atoms with Gasteiger partial charge in [0.1, 0.15) is 0 Å². The highest BCUT2D eigenvalue weighted by Gasteiger charge is 2.29. The molecule has 2 saturated heterocycles. The molecule has 2 heterocycles. The first-order valence-corrected chi connectivity index (χ1v) is 9.46. The summed E-state index contributed by atoms with van der Waals surface area (Å²) in [6, 6.07) is 7.47. The van der Waals surface area contributed by atoms with E-state index in [1.807, 2.05) is 43.0 Å². The molecule has 26 heavy (non-hydrogen) atoms. The highest BCUT2D eigenvalue weighted by atomic mass is 16.2. The van der Waals surface area contributed by atoms with Crippen LogP contribution in [-0.4, -0.2) is 42.3 Å². The summed E-state index contributed by atoms with van der Waals surface area (Å²) in [5.74, 6) is 0.119. The minimum atomic E-state index is -0.103. The number of piperidine rings is 1. The van der Waals surface area contributed by atoms with Crippen LogP contribution in [0.3, 0.4) is 0 Å². The van der Waals surface area contributed by atoms with Gasteiger partial charge in [-0.15, -0.1) is 0 Å². The topological polar surface area (TPSA) is 69.7 Å². The number of carbonyl (C=O) groups is 3. The molecule has 0 spiro atoms. The largest absolute Gasteiger partial charge is 0.342 e. The molecule has 0 saturated carbocycles. The van der Waals surface area contributed by atoms with Crippen LogP contribution in [0.4, 0.5) is 11.4 Å². The van der Waals surface area contributed by atoms with Crippen molar-refractivity contribution in [1.29, 1.82) is 0 Å². The first-order chi connectivity index (χ1) is 12.5. The van der Waals surface area contributed by atoms with E-state index in [0.717, 1.165) is 12.1 Å². The number of rotatable bonds is 4. The highest BCUT2D eigenvalue weighted by Crippen LogP contribution is 2.30. The lowest BCUT2D eigenvalue weighted by Crippen LogP contribution is -2.43. The number of benzene rings is 1. The summed E-state index contributed by atoms with van der Waals surface area (Å²) in [5, 5.41) is 3.01. The third-order valence-corrected chi connectivity index (χ3v) is 5.20. The minimum absolute atomic E-state index is 0.00903. The second kappa shape index (κ2) is 7.89. The number of nitrogens with zero attached hydrogens (tertiary/aromatic N) is 2. The van der Waals surface area contributed by atoms with Gasteiger partial charge in [0.15, 0.2) is 0 Å². The van der Waals surface area contributed by atoms with Crippen molar-refractivity contribution in [2.75, 3.05) is 29.9 Å². The predicted molar refractivity (Wildman–Crippen MR) is 101 cm³/mol. The summed E-state index contributed by atoms with van der Waals surface area (Å²) in [4.78, 5) is 40.4. The van der Waals surface area contributed by atoms with E-state index < -0.39 is 0 Å². The van der Waals surface area contributed by atoms with Crippen LogP contribution >= 0.6 is 0 Å². The van der Waals surface area contributed by atoms with Crippen molar-refractivity contribution in [2.24, 2.45) is 11.8 Å². The number of hydrogen-bond acceptors (Lipinski definition) is 3. The lowest BCUT2D eigenvalue weighted by molar-refractivity contribution is -0.137. The van der Waals surface area contributed by atoms with Gasteiger partial charge >= 0.3 is 0 Å². The monoisotopic (exact) mass is 357 g/mol. The van der Waals surface area contributed by atoms with Crippen LogP contribution in [0.1, 0.15) is 39.5 Å². The summed E-state index contributed by atoms with van der Waals surface area (Å²) < 4.78 is 0. The molecule has 0 aromatic heterocycles. The Morgan fingerprint density at radius 1 is 1.12 bits per heavy atom. The maximum atomic E-state index is 12.7. The van der Waals surface area contributed by atoms with Gasteiger partial charge in [0, 0.05) is 37.9 Å². The Hall–Kier alpha value is -2.37. The van der Waals surface area contributed by atoms with Crippen LogP contribution in [0.25, 0.3) is 0 Å². The van der Waals surface area contributed by atoms with E-state index in [4.69, 9.17) is 0 Å². The van der Waals surface area contributed by atoms with Crippen LogP contribution in [0.5, 0.6) is 0 Å². The summed E-state index contributed by atoms with van der Waals surface area (Å²) in [6.45, 7) is 5.75. The molecule has 2 aliphatic heterocycles. The Balaban J connectivity index is 1.63. The Bertz CT molecular complexity index is 693. The van der Waals surface area contributed by atoms with Crippen LogP contribution in [0.15, 0.2) is 24.3 Å². The molecule has 1 N–H and O–H groups in total. The van der Waals surface area contributed by atoms with Crippen molar-refractivity contribution >= 4 is 29.1 Å². The molecule has 0 unspecified atom stereocenters. The molecule has 0 bridgehead atoms. The third kappa shape index (κ3) is 3.89. The maximum absolute atomic E-state index is 12.7. The lowest BCUT2D eigenvalue weighted by atomic mass is 9.95. The highest BCUT2D eigenvalue weighted by molar-refractivity contribution is 6.02. The molecule has 0 aliphatic carbocycles. The van der Waals surface area contributed by atoms with Crippen molar-refractivity contribution < 1.29 is 14.4 Å². The second-order valence-electron chi connectivity index (χ2n) is 7.41. The van der Waals surface area contributed by atoms with Gasteiger partial charge in [0.2, 0.25) is 17.7 Å². The SMILES string of the molecule is CC(C)C(=O)N1CCC(C(=O)Nc2ccccc2N2CCCC2=O)CC1. The van der Waals surface area contributed by atoms with Crippen molar-refractivity contribution in [2.45, 2.75) is 39.5 Å². The molecule has 3 rings (SSSR count). The van der Waals surface area contributed by atoms with Gasteiger partial charge in [-0.25, -0.2) is 0 Å². The van der Waals surface area contributed by atoms with E-state index in [0.29, 0.717) is 44.6 Å². The van der Waals surface area contributed by atoms with Gasteiger partial charge in [0.05, 0.1) is 11.4 Å². The molecule has 1 aromatic rings. The lowest BCUT2D eigenvalue weighted by Gasteiger charge is -2.32. The Kier molecular flexibility index (Phi) is 5.59. The smallest absolute Gasteiger partial charge is 0.227 e. The van der Waals surface area contributed by atoms with E-state index in [1.54, 1.807) is 4.90 Å². The molecular weight excluding hydrogens is 330 g/mol. The molecular formula is C20H27N3O3. The fourth-order valence-corrected chi connectivity index (χ4v) is 3.68. The molecule has 0 atom stereocenters. The molecule has 6 heteroatoms. The number of anilines is 2. The summed E-state index contributed by atoms with van der Waals surface area (Å²) >= 11 is 0. The van der Waals surface area contributed by atoms with Crippen molar-refractivity contribution in [3.63, 3.8) is 0 Å². The fraction of sp³-hybridized carbons (Fsp3) is 0.550. The van der Waals surface area contributed by atoms with E-state index in [-0.39, 0.29) is 29.6 Å². The molecule has 6 nitrogen and oxygen atoms in total. The molecule has 1 aromatic carbocycles. The Morgan fingerprint density at radius 2 is 1.81 bits per heavy atom. The molecule has 140 valence electrons. The zero-order valence-electron chi connectivity index (χ0n) is 15.5. The fourth-order valence-electron chi connectivity index (χ4n) is 3.68. The number of para-hydroxylation sites is 2. The average Bonchev–Trinajstić information content (AvgIpc) is 3.07. The van der Waals surface area contributed by atoms with Crippen molar-refractivity contribution in [3.8, 4) is 0 Å². The molecule has 3 amide bonds. The third-order valence-electron chi connectivity index (χ3n) is 5.20. The van der Waals surface area contributed by atoms with Gasteiger partial charge in [0.25, 0.3) is 0 Å². The van der Waals surface area contributed by atoms with E-state index in [9.17, 15) is 14.4 Å². The van der Waals surface area contributed by atoms with Crippen molar-refractivity contribution in [3.05, 3.63) is 24.3 Å². The van der Waals surface area contributed by atoms with E-state index in [1.165, 1.54) is 0 Å². The van der Waals surface area contributed by atoms with Gasteiger partial charge in [-0.3, -0.25) is 14.4 Å². The second-order valence-corrected chi connectivity index (χ2v) is 7.41. The number of hydrogen-bond donors (Lipinski definition) is 1. The molecule has 2 fully saturated rings. The quantitative estimate of drug-likeness (QED) is 0.901. The molecule has 0 radical (unpaired) electrons. The average molecular weight is 357 g/mol. The number of carbonyl (C=O) groups excluding carboxylic acids is 3. The summed E-state index contributed by atoms with van der Waals surface area (Å²) in [6.07, 6.45) is 2.76. The minimum Gasteiger partial charge on any atom is -0.342 e. The zero-order chi connectivity index (χ0) is 18.7. The Labute approximate surface area is 154 Å². The number of nitrogens with one attached hydrogen (secondary N) is 1. The van der Waals surface area contributed by atoms with Crippen LogP contribution in [-0.2, 0) is 14.4 Å². The van der Waals surface area contributed by atoms with E-state index in [2.05, 4.69) is 5.32 Å². The maximum Gasteiger partial charge on any atom is 0.227 e. The van der Waals surface area contributed by atoms with Crippen LogP contribution in [0.2, 0.25) is 0 Å². The first kappa shape index (κ1) is 18.4. The van der Waals surface area contributed by atoms with Crippen LogP contribution in [0, 0.1) is 11.8 Å². The van der Waals surface area contributed by atoms with Gasteiger partial charge in [-0.1, -0.05) is 26.0 Å². The Morgan fingerprint density at radius 3 is 2.42 bits per heavy atom. The number of amides is 3. The summed E-state index contributed by atoms with van der Waals surface area (Å²) in [5.41, 5.74) is 1.46. The van der Waals surface area contributed by atoms with Gasteiger partial charge < -0.3 is 15.1 Å². The van der Waals surface area contributed by atoms with Gasteiger partial charge in [-0.2, -0.15) is 0 Å². The predicted octanol–water partition coefficient (Wildman–Crippen LogP) is 2.65. The first-order valence-electron chi connectivity index (χ1n) is 9.46.